The van der Waals surface area contributed by atoms with Crippen molar-refractivity contribution in [3.8, 4) is 17.6 Å². The van der Waals surface area contributed by atoms with Crippen LogP contribution >= 0.6 is 0 Å². The Morgan fingerprint density at radius 3 is 2.30 bits per heavy atom. The minimum Gasteiger partial charge on any atom is -0.482 e. The van der Waals surface area contributed by atoms with Crippen LogP contribution in [0.15, 0.2) is 42.5 Å². The third-order valence-corrected chi connectivity index (χ3v) is 4.56. The van der Waals surface area contributed by atoms with Gasteiger partial charge in [0.05, 0.1) is 18.2 Å². The third-order valence-electron chi connectivity index (χ3n) is 4.56. The number of ether oxygens (including phenoxy) is 3. The van der Waals surface area contributed by atoms with Gasteiger partial charge in [-0.05, 0) is 55.8 Å². The summed E-state index contributed by atoms with van der Waals surface area (Å²) in [7, 11) is 0. The van der Waals surface area contributed by atoms with Gasteiger partial charge < -0.3 is 24.6 Å². The van der Waals surface area contributed by atoms with E-state index in [4.69, 9.17) is 14.7 Å². The van der Waals surface area contributed by atoms with Crippen LogP contribution in [0.2, 0.25) is 0 Å². The van der Waals surface area contributed by atoms with Gasteiger partial charge >= 0.3 is 18.3 Å². The van der Waals surface area contributed by atoms with Crippen molar-refractivity contribution in [2.24, 2.45) is 0 Å². The first-order chi connectivity index (χ1) is 15.5. The smallest absolute Gasteiger partial charge is 0.482 e. The highest BCUT2D eigenvalue weighted by atomic mass is 19.4. The number of carboxylic acids is 1. The molecule has 0 spiro atoms. The van der Waals surface area contributed by atoms with Crippen LogP contribution in [0.5, 0.6) is 11.5 Å². The summed E-state index contributed by atoms with van der Waals surface area (Å²) in [6.45, 7) is 2.59. The lowest BCUT2D eigenvalue weighted by atomic mass is 9.85. The molecule has 33 heavy (non-hydrogen) atoms. The molecule has 0 fully saturated rings. The Bertz CT molecular complexity index is 1030. The summed E-state index contributed by atoms with van der Waals surface area (Å²) in [4.78, 5) is 24.2. The average molecular weight is 466 g/mol. The highest BCUT2D eigenvalue weighted by Crippen LogP contribution is 2.39. The molecule has 0 aliphatic carbocycles. The van der Waals surface area contributed by atoms with Crippen molar-refractivity contribution >= 4 is 17.6 Å². The van der Waals surface area contributed by atoms with Gasteiger partial charge in [-0.15, -0.1) is 13.2 Å². The van der Waals surface area contributed by atoms with Crippen molar-refractivity contribution in [3.63, 3.8) is 0 Å². The highest BCUT2D eigenvalue weighted by molar-refractivity contribution is 5.86. The number of rotatable bonds is 10. The number of nitrogens with zero attached hydrogens (tertiary/aromatic N) is 1. The van der Waals surface area contributed by atoms with Gasteiger partial charge in [0, 0.05) is 11.3 Å². The molecule has 2 aromatic carbocycles. The van der Waals surface area contributed by atoms with Gasteiger partial charge in [0.1, 0.15) is 11.5 Å². The standard InChI is InChI=1S/C22H21F3N2O6/c1-3-21(20(29)30,27-15-7-5-14(12-26)6-8-15)17-11-16(33-22(23,24)25)9-10-18(17)32-13-19(28)31-4-2/h5-11,27H,3-4,13H2,1-2H3,(H,29,30). The van der Waals surface area contributed by atoms with Gasteiger partial charge in [-0.1, -0.05) is 6.92 Å². The first-order valence-corrected chi connectivity index (χ1v) is 9.75. The normalized spacial score (nSPS) is 12.7. The van der Waals surface area contributed by atoms with Crippen molar-refractivity contribution in [1.29, 1.82) is 5.26 Å². The topological polar surface area (TPSA) is 118 Å². The number of nitriles is 1. The van der Waals surface area contributed by atoms with E-state index in [0.717, 1.165) is 18.2 Å². The molecular weight excluding hydrogens is 445 g/mol. The molecule has 0 bridgehead atoms. The van der Waals surface area contributed by atoms with Gasteiger partial charge in [0.25, 0.3) is 0 Å². The van der Waals surface area contributed by atoms with Crippen LogP contribution < -0.4 is 14.8 Å². The molecular formula is C22H21F3N2O6. The summed E-state index contributed by atoms with van der Waals surface area (Å²) in [5.74, 6) is -2.97. The van der Waals surface area contributed by atoms with E-state index in [0.29, 0.717) is 5.56 Å². The Morgan fingerprint density at radius 1 is 1.12 bits per heavy atom. The van der Waals surface area contributed by atoms with Crippen LogP contribution in [0.4, 0.5) is 18.9 Å². The second-order valence-electron chi connectivity index (χ2n) is 6.68. The number of carboxylic acid groups (broad SMARTS) is 1. The van der Waals surface area contributed by atoms with Crippen molar-refractivity contribution in [1.82, 2.24) is 0 Å². The predicted octanol–water partition coefficient (Wildman–Crippen LogP) is 4.20. The molecule has 0 heterocycles. The number of halogens is 3. The largest absolute Gasteiger partial charge is 0.573 e. The van der Waals surface area contributed by atoms with Crippen molar-refractivity contribution in [3.05, 3.63) is 53.6 Å². The Hall–Kier alpha value is -3.94. The number of nitrogens with one attached hydrogen (secondary N) is 1. The maximum Gasteiger partial charge on any atom is 0.573 e. The Morgan fingerprint density at radius 2 is 1.79 bits per heavy atom. The first kappa shape index (κ1) is 25.3. The van der Waals surface area contributed by atoms with Crippen LogP contribution in [0.1, 0.15) is 31.4 Å². The van der Waals surface area contributed by atoms with E-state index in [1.165, 1.54) is 31.2 Å². The zero-order valence-corrected chi connectivity index (χ0v) is 17.7. The Balaban J connectivity index is 2.58. The molecule has 2 aromatic rings. The summed E-state index contributed by atoms with van der Waals surface area (Å²) >= 11 is 0. The van der Waals surface area contributed by atoms with Gasteiger partial charge in [0.15, 0.2) is 12.1 Å². The molecule has 11 heteroatoms. The van der Waals surface area contributed by atoms with Crippen molar-refractivity contribution < 1.29 is 42.1 Å². The fraction of sp³-hybridized carbons (Fsp3) is 0.318. The molecule has 0 aliphatic rings. The number of benzene rings is 2. The molecule has 176 valence electrons. The molecule has 8 nitrogen and oxygen atoms in total. The van der Waals surface area contributed by atoms with E-state index in [1.807, 2.05) is 6.07 Å². The lowest BCUT2D eigenvalue weighted by molar-refractivity contribution is -0.274. The van der Waals surface area contributed by atoms with Gasteiger partial charge in [-0.2, -0.15) is 5.26 Å². The second-order valence-corrected chi connectivity index (χ2v) is 6.68. The number of carbonyl (C=O) groups is 2. The molecule has 2 N–H and O–H groups in total. The second kappa shape index (κ2) is 10.6. The SMILES string of the molecule is CCOC(=O)COc1ccc(OC(F)(F)F)cc1C(CC)(Nc1ccc(C#N)cc1)C(=O)O. The maximum atomic E-state index is 12.8. The van der Waals surface area contributed by atoms with E-state index in [9.17, 15) is 27.9 Å². The zero-order valence-electron chi connectivity index (χ0n) is 17.7. The average Bonchev–Trinajstić information content (AvgIpc) is 2.76. The summed E-state index contributed by atoms with van der Waals surface area (Å²) in [5.41, 5.74) is -1.55. The van der Waals surface area contributed by atoms with Crippen molar-refractivity contribution in [2.75, 3.05) is 18.5 Å². The summed E-state index contributed by atoms with van der Waals surface area (Å²) in [6.07, 6.45) is -5.14. The van der Waals surface area contributed by atoms with E-state index >= 15 is 0 Å². The quantitative estimate of drug-likeness (QED) is 0.500. The highest BCUT2D eigenvalue weighted by Gasteiger charge is 2.42. The molecule has 1 unspecified atom stereocenters. The van der Waals surface area contributed by atoms with Crippen LogP contribution in [0, 0.1) is 11.3 Å². The lowest BCUT2D eigenvalue weighted by Gasteiger charge is -2.32. The molecule has 0 aromatic heterocycles. The fourth-order valence-corrected chi connectivity index (χ4v) is 3.05. The first-order valence-electron chi connectivity index (χ1n) is 9.75. The van der Waals surface area contributed by atoms with Gasteiger partial charge in [-0.25, -0.2) is 9.59 Å². The van der Waals surface area contributed by atoms with Crippen LogP contribution in [0.3, 0.4) is 0 Å². The van der Waals surface area contributed by atoms with E-state index in [1.54, 1.807) is 6.92 Å². The summed E-state index contributed by atoms with van der Waals surface area (Å²) in [5, 5.41) is 21.9. The molecule has 0 amide bonds. The Labute approximate surface area is 187 Å². The van der Waals surface area contributed by atoms with E-state index in [-0.39, 0.29) is 30.0 Å². The van der Waals surface area contributed by atoms with Crippen molar-refractivity contribution in [2.45, 2.75) is 32.2 Å². The number of anilines is 1. The molecule has 1 atom stereocenters. The fourth-order valence-electron chi connectivity index (χ4n) is 3.05. The monoisotopic (exact) mass is 466 g/mol. The molecule has 2 rings (SSSR count). The minimum atomic E-state index is -5.01. The molecule has 0 aliphatic heterocycles. The number of esters is 1. The van der Waals surface area contributed by atoms with Crippen LogP contribution in [-0.2, 0) is 19.9 Å². The molecule has 0 saturated heterocycles. The van der Waals surface area contributed by atoms with Gasteiger partial charge in [0.2, 0.25) is 0 Å². The Kier molecular flexibility index (Phi) is 8.12. The summed E-state index contributed by atoms with van der Waals surface area (Å²) in [6, 6.07) is 10.7. The maximum absolute atomic E-state index is 12.8. The van der Waals surface area contributed by atoms with E-state index < -0.39 is 36.2 Å². The number of hydrogen-bond donors (Lipinski definition) is 2. The van der Waals surface area contributed by atoms with Crippen LogP contribution in [0.25, 0.3) is 0 Å². The minimum absolute atomic E-state index is 0.0850. The van der Waals surface area contributed by atoms with Crippen LogP contribution in [-0.4, -0.2) is 36.6 Å². The van der Waals surface area contributed by atoms with Gasteiger partial charge in [-0.3, -0.25) is 0 Å². The number of hydrogen-bond acceptors (Lipinski definition) is 7. The number of alkyl halides is 3. The predicted molar refractivity (Wildman–Crippen MR) is 110 cm³/mol. The summed E-state index contributed by atoms with van der Waals surface area (Å²) < 4.78 is 52.5. The third kappa shape index (κ3) is 6.52. The number of aliphatic carboxylic acids is 1. The lowest BCUT2D eigenvalue weighted by Crippen LogP contribution is -2.43. The van der Waals surface area contributed by atoms with E-state index in [2.05, 4.69) is 10.1 Å². The molecule has 0 radical (unpaired) electrons. The number of carbonyl (C=O) groups excluding carboxylic acids is 1. The zero-order chi connectivity index (χ0) is 24.6. The molecule has 0 saturated carbocycles.